The Kier molecular flexibility index (Phi) is 5.66. The zero-order valence-electron chi connectivity index (χ0n) is 12.4. The van der Waals surface area contributed by atoms with Crippen LogP contribution in [0, 0.1) is 0 Å². The zero-order chi connectivity index (χ0) is 15.8. The standard InChI is InChI=1S/C19H20O3/c1-3-12-21-17-10-11-19(20)18(13-17)15(4-2)14-22-16-8-6-5-7-9-16/h3-11,13,15,20H,1-2,12,14H2. The number of aromatic hydroxyl groups is 1. The van der Waals surface area contributed by atoms with Crippen molar-refractivity contribution in [2.24, 2.45) is 0 Å². The molecule has 0 aliphatic rings. The van der Waals surface area contributed by atoms with E-state index in [0.717, 1.165) is 11.3 Å². The molecule has 0 radical (unpaired) electrons. The highest BCUT2D eigenvalue weighted by Gasteiger charge is 2.14. The summed E-state index contributed by atoms with van der Waals surface area (Å²) in [6, 6.07) is 14.7. The Bertz CT molecular complexity index is 620. The molecular weight excluding hydrogens is 276 g/mol. The van der Waals surface area contributed by atoms with Crippen molar-refractivity contribution in [1.82, 2.24) is 0 Å². The second-order valence-electron chi connectivity index (χ2n) is 4.79. The largest absolute Gasteiger partial charge is 0.508 e. The molecule has 2 aromatic carbocycles. The van der Waals surface area contributed by atoms with E-state index in [-0.39, 0.29) is 11.7 Å². The third kappa shape index (κ3) is 4.16. The summed E-state index contributed by atoms with van der Waals surface area (Å²) >= 11 is 0. The van der Waals surface area contributed by atoms with Gasteiger partial charge in [-0.15, -0.1) is 6.58 Å². The lowest BCUT2D eigenvalue weighted by Gasteiger charge is -2.17. The fourth-order valence-corrected chi connectivity index (χ4v) is 2.06. The van der Waals surface area contributed by atoms with E-state index in [1.54, 1.807) is 30.4 Å². The summed E-state index contributed by atoms with van der Waals surface area (Å²) in [5.74, 6) is 1.53. The van der Waals surface area contributed by atoms with Gasteiger partial charge in [-0.05, 0) is 30.3 Å². The number of phenolic OH excluding ortho intramolecular Hbond substituents is 1. The molecule has 0 fully saturated rings. The highest BCUT2D eigenvalue weighted by atomic mass is 16.5. The topological polar surface area (TPSA) is 38.7 Å². The molecule has 0 saturated heterocycles. The van der Waals surface area contributed by atoms with Gasteiger partial charge in [0.2, 0.25) is 0 Å². The van der Waals surface area contributed by atoms with Crippen LogP contribution in [0.2, 0.25) is 0 Å². The Labute approximate surface area is 131 Å². The zero-order valence-corrected chi connectivity index (χ0v) is 12.4. The van der Waals surface area contributed by atoms with Gasteiger partial charge in [-0.2, -0.15) is 0 Å². The lowest BCUT2D eigenvalue weighted by atomic mass is 9.98. The third-order valence-electron chi connectivity index (χ3n) is 3.22. The van der Waals surface area contributed by atoms with Gasteiger partial charge in [-0.3, -0.25) is 0 Å². The molecule has 2 rings (SSSR count). The minimum atomic E-state index is -0.132. The molecule has 0 aliphatic heterocycles. The highest BCUT2D eigenvalue weighted by Crippen LogP contribution is 2.31. The van der Waals surface area contributed by atoms with Crippen molar-refractivity contribution in [2.75, 3.05) is 13.2 Å². The molecule has 1 atom stereocenters. The predicted octanol–water partition coefficient (Wildman–Crippen LogP) is 4.31. The minimum absolute atomic E-state index is 0.132. The maximum atomic E-state index is 10.1. The van der Waals surface area contributed by atoms with Crippen LogP contribution in [0.3, 0.4) is 0 Å². The van der Waals surface area contributed by atoms with Gasteiger partial charge in [-0.1, -0.05) is 36.9 Å². The van der Waals surface area contributed by atoms with Gasteiger partial charge in [0, 0.05) is 11.5 Å². The van der Waals surface area contributed by atoms with Crippen LogP contribution in [-0.4, -0.2) is 18.3 Å². The highest BCUT2D eigenvalue weighted by molar-refractivity contribution is 5.43. The SMILES string of the molecule is C=CCOc1ccc(O)c(C(C=C)COc2ccccc2)c1. The molecule has 0 heterocycles. The van der Waals surface area contributed by atoms with Gasteiger partial charge in [0.15, 0.2) is 0 Å². The summed E-state index contributed by atoms with van der Waals surface area (Å²) in [7, 11) is 0. The first-order valence-corrected chi connectivity index (χ1v) is 7.11. The molecule has 3 heteroatoms. The molecular formula is C19H20O3. The Morgan fingerprint density at radius 3 is 2.45 bits per heavy atom. The number of hydrogen-bond donors (Lipinski definition) is 1. The van der Waals surface area contributed by atoms with Crippen LogP contribution in [0.25, 0.3) is 0 Å². The van der Waals surface area contributed by atoms with Gasteiger partial charge in [0.25, 0.3) is 0 Å². The predicted molar refractivity (Wildman–Crippen MR) is 88.7 cm³/mol. The number of para-hydroxylation sites is 1. The smallest absolute Gasteiger partial charge is 0.120 e. The maximum Gasteiger partial charge on any atom is 0.120 e. The van der Waals surface area contributed by atoms with Crippen LogP contribution in [0.4, 0.5) is 0 Å². The maximum absolute atomic E-state index is 10.1. The summed E-state index contributed by atoms with van der Waals surface area (Å²) < 4.78 is 11.3. The second-order valence-corrected chi connectivity index (χ2v) is 4.79. The van der Waals surface area contributed by atoms with Crippen LogP contribution in [0.5, 0.6) is 17.2 Å². The molecule has 0 bridgehead atoms. The van der Waals surface area contributed by atoms with E-state index in [9.17, 15) is 5.11 Å². The first-order valence-electron chi connectivity index (χ1n) is 7.11. The van der Waals surface area contributed by atoms with Crippen LogP contribution >= 0.6 is 0 Å². The number of phenols is 1. The molecule has 114 valence electrons. The van der Waals surface area contributed by atoms with Crippen molar-refractivity contribution in [3.05, 3.63) is 79.4 Å². The van der Waals surface area contributed by atoms with E-state index < -0.39 is 0 Å². The van der Waals surface area contributed by atoms with Crippen molar-refractivity contribution >= 4 is 0 Å². The average Bonchev–Trinajstić information content (AvgIpc) is 2.56. The first-order chi connectivity index (χ1) is 10.7. The molecule has 0 aromatic heterocycles. The summed E-state index contributed by atoms with van der Waals surface area (Å²) in [6.07, 6.45) is 3.44. The van der Waals surface area contributed by atoms with E-state index >= 15 is 0 Å². The summed E-state index contributed by atoms with van der Waals surface area (Å²) in [4.78, 5) is 0. The fraction of sp³-hybridized carbons (Fsp3) is 0.158. The number of rotatable bonds is 8. The van der Waals surface area contributed by atoms with E-state index in [0.29, 0.717) is 19.0 Å². The lowest BCUT2D eigenvalue weighted by molar-refractivity contribution is 0.302. The van der Waals surface area contributed by atoms with Crippen molar-refractivity contribution in [3.8, 4) is 17.2 Å². The van der Waals surface area contributed by atoms with Crippen LogP contribution in [0.1, 0.15) is 11.5 Å². The molecule has 0 saturated carbocycles. The second kappa shape index (κ2) is 7.93. The molecule has 0 aliphatic carbocycles. The Morgan fingerprint density at radius 1 is 1.00 bits per heavy atom. The number of hydrogen-bond acceptors (Lipinski definition) is 3. The summed E-state index contributed by atoms with van der Waals surface area (Å²) in [5.41, 5.74) is 0.729. The van der Waals surface area contributed by atoms with E-state index in [4.69, 9.17) is 9.47 Å². The van der Waals surface area contributed by atoms with Crippen molar-refractivity contribution in [3.63, 3.8) is 0 Å². The molecule has 0 amide bonds. The minimum Gasteiger partial charge on any atom is -0.508 e. The monoisotopic (exact) mass is 296 g/mol. The summed E-state index contributed by atoms with van der Waals surface area (Å²) in [5, 5.41) is 10.1. The van der Waals surface area contributed by atoms with Crippen molar-refractivity contribution in [1.29, 1.82) is 0 Å². The lowest BCUT2D eigenvalue weighted by Crippen LogP contribution is -2.08. The van der Waals surface area contributed by atoms with E-state index in [1.807, 2.05) is 30.3 Å². The molecule has 2 aromatic rings. The van der Waals surface area contributed by atoms with Crippen molar-refractivity contribution < 1.29 is 14.6 Å². The van der Waals surface area contributed by atoms with Gasteiger partial charge in [0.1, 0.15) is 23.9 Å². The van der Waals surface area contributed by atoms with Gasteiger partial charge in [-0.25, -0.2) is 0 Å². The number of benzene rings is 2. The van der Waals surface area contributed by atoms with Crippen LogP contribution in [-0.2, 0) is 0 Å². The Hall–Kier alpha value is -2.68. The van der Waals surface area contributed by atoms with Crippen LogP contribution in [0.15, 0.2) is 73.8 Å². The molecule has 1 N–H and O–H groups in total. The van der Waals surface area contributed by atoms with E-state index in [1.165, 1.54) is 0 Å². The quantitative estimate of drug-likeness (QED) is 0.738. The summed E-state index contributed by atoms with van der Waals surface area (Å²) in [6.45, 7) is 8.27. The fourth-order valence-electron chi connectivity index (χ4n) is 2.06. The average molecular weight is 296 g/mol. The normalized spacial score (nSPS) is 11.5. The molecule has 22 heavy (non-hydrogen) atoms. The molecule has 1 unspecified atom stereocenters. The molecule has 3 nitrogen and oxygen atoms in total. The van der Waals surface area contributed by atoms with Gasteiger partial charge in [0.05, 0.1) is 6.61 Å². The van der Waals surface area contributed by atoms with Gasteiger partial charge >= 0.3 is 0 Å². The number of ether oxygens (including phenoxy) is 2. The van der Waals surface area contributed by atoms with Crippen molar-refractivity contribution in [2.45, 2.75) is 5.92 Å². The third-order valence-corrected chi connectivity index (χ3v) is 3.22. The molecule has 0 spiro atoms. The van der Waals surface area contributed by atoms with Gasteiger partial charge < -0.3 is 14.6 Å². The Balaban J connectivity index is 2.12. The first kappa shape index (κ1) is 15.7. The Morgan fingerprint density at radius 2 is 1.77 bits per heavy atom. The van der Waals surface area contributed by atoms with E-state index in [2.05, 4.69) is 13.2 Å². The van der Waals surface area contributed by atoms with Crippen LogP contribution < -0.4 is 9.47 Å².